The first kappa shape index (κ1) is 21.1. The molecule has 0 bridgehead atoms. The van der Waals surface area contributed by atoms with Crippen molar-refractivity contribution in [3.63, 3.8) is 0 Å². The van der Waals surface area contributed by atoms with Gasteiger partial charge in [0.1, 0.15) is 0 Å². The number of hydrogen-bond acceptors (Lipinski definition) is 7. The molecule has 0 spiro atoms. The summed E-state index contributed by atoms with van der Waals surface area (Å²) in [7, 11) is 0. The van der Waals surface area contributed by atoms with Gasteiger partial charge < -0.3 is 14.2 Å². The Morgan fingerprint density at radius 3 is 1.13 bits per heavy atom. The number of ether oxygens (including phenoxy) is 3. The van der Waals surface area contributed by atoms with Gasteiger partial charge in [-0.25, -0.2) is 9.59 Å². The molecule has 0 radical (unpaired) electrons. The van der Waals surface area contributed by atoms with Crippen LogP contribution in [-0.2, 0) is 33.4 Å². The van der Waals surface area contributed by atoms with E-state index < -0.39 is 46.9 Å². The van der Waals surface area contributed by atoms with Gasteiger partial charge in [0, 0.05) is 0 Å². The Kier molecular flexibility index (Phi) is 6.94. The molecule has 7 nitrogen and oxygen atoms in total. The van der Waals surface area contributed by atoms with Crippen LogP contribution in [0.5, 0.6) is 0 Å². The van der Waals surface area contributed by atoms with E-state index in [1.165, 1.54) is 13.8 Å². The van der Waals surface area contributed by atoms with Gasteiger partial charge in [0.25, 0.3) is 0 Å². The first-order valence-corrected chi connectivity index (χ1v) is 7.34. The van der Waals surface area contributed by atoms with Crippen molar-refractivity contribution in [3.05, 3.63) is 0 Å². The van der Waals surface area contributed by atoms with E-state index in [9.17, 15) is 19.2 Å². The van der Waals surface area contributed by atoms with Crippen LogP contribution in [-0.4, -0.2) is 36.1 Å². The second kappa shape index (κ2) is 7.57. The third-order valence-corrected chi connectivity index (χ3v) is 2.66. The van der Waals surface area contributed by atoms with E-state index in [1.54, 1.807) is 41.5 Å². The highest BCUT2D eigenvalue weighted by Gasteiger charge is 2.32. The Bertz CT molecular complexity index is 436. The van der Waals surface area contributed by atoms with Crippen molar-refractivity contribution >= 4 is 23.9 Å². The average molecular weight is 330 g/mol. The lowest BCUT2D eigenvalue weighted by Crippen LogP contribution is -2.37. The van der Waals surface area contributed by atoms with Gasteiger partial charge in [0.15, 0.2) is 12.2 Å². The summed E-state index contributed by atoms with van der Waals surface area (Å²) in [6.45, 7) is 12.4. The van der Waals surface area contributed by atoms with Crippen LogP contribution in [0.4, 0.5) is 0 Å². The van der Waals surface area contributed by atoms with Crippen LogP contribution in [0.2, 0.25) is 0 Å². The summed E-state index contributed by atoms with van der Waals surface area (Å²) in [4.78, 5) is 46.8. The van der Waals surface area contributed by atoms with Crippen LogP contribution >= 0.6 is 0 Å². The van der Waals surface area contributed by atoms with Crippen LogP contribution < -0.4 is 0 Å². The van der Waals surface area contributed by atoms with Crippen LogP contribution in [0.1, 0.15) is 55.4 Å². The van der Waals surface area contributed by atoms with E-state index in [-0.39, 0.29) is 0 Å². The first-order valence-electron chi connectivity index (χ1n) is 7.34. The molecule has 0 unspecified atom stereocenters. The summed E-state index contributed by atoms with van der Waals surface area (Å²) < 4.78 is 14.4. The van der Waals surface area contributed by atoms with Gasteiger partial charge >= 0.3 is 23.9 Å². The number of esters is 4. The molecule has 0 saturated heterocycles. The molecule has 0 fully saturated rings. The summed E-state index contributed by atoms with van der Waals surface area (Å²) >= 11 is 0. The smallest absolute Gasteiger partial charge is 0.354 e. The molecule has 0 amide bonds. The van der Waals surface area contributed by atoms with E-state index in [0.717, 1.165) is 0 Å². The molecule has 0 rings (SSSR count). The second-order valence-electron chi connectivity index (χ2n) is 7.34. The fourth-order valence-electron chi connectivity index (χ4n) is 1.04. The van der Waals surface area contributed by atoms with Crippen molar-refractivity contribution in [3.8, 4) is 0 Å². The second-order valence-corrected chi connectivity index (χ2v) is 7.34. The van der Waals surface area contributed by atoms with E-state index in [2.05, 4.69) is 4.74 Å². The van der Waals surface area contributed by atoms with Crippen LogP contribution in [0, 0.1) is 10.8 Å². The minimum Gasteiger partial charge on any atom is -0.450 e. The summed E-state index contributed by atoms with van der Waals surface area (Å²) in [5.74, 6) is -3.24. The molecule has 0 N–H and O–H groups in total. The maximum Gasteiger partial charge on any atom is 0.354 e. The third-order valence-electron chi connectivity index (χ3n) is 2.66. The van der Waals surface area contributed by atoms with Crippen molar-refractivity contribution in [2.45, 2.75) is 67.6 Å². The first-order chi connectivity index (χ1) is 10.2. The molecule has 132 valence electrons. The Labute approximate surface area is 136 Å². The Hall–Kier alpha value is -1.92. The lowest BCUT2D eigenvalue weighted by atomic mass is 9.97. The molecule has 23 heavy (non-hydrogen) atoms. The summed E-state index contributed by atoms with van der Waals surface area (Å²) in [5, 5.41) is 0. The highest BCUT2D eigenvalue weighted by Crippen LogP contribution is 2.18. The van der Waals surface area contributed by atoms with E-state index in [0.29, 0.717) is 0 Å². The van der Waals surface area contributed by atoms with Crippen molar-refractivity contribution in [1.82, 2.24) is 0 Å². The topological polar surface area (TPSA) is 96.0 Å². The lowest BCUT2D eigenvalue weighted by molar-refractivity contribution is -0.183. The predicted octanol–water partition coefficient (Wildman–Crippen LogP) is 2.01. The van der Waals surface area contributed by atoms with Gasteiger partial charge in [0.05, 0.1) is 10.8 Å². The predicted molar refractivity (Wildman–Crippen MR) is 81.1 cm³/mol. The van der Waals surface area contributed by atoms with Crippen LogP contribution in [0.15, 0.2) is 0 Å². The van der Waals surface area contributed by atoms with Crippen molar-refractivity contribution < 1.29 is 33.4 Å². The number of hydrogen-bond donors (Lipinski definition) is 0. The fourth-order valence-corrected chi connectivity index (χ4v) is 1.04. The summed E-state index contributed by atoms with van der Waals surface area (Å²) in [6.07, 6.45) is -2.48. The molecule has 0 heterocycles. The lowest BCUT2D eigenvalue weighted by Gasteiger charge is -2.21. The normalized spacial score (nSPS) is 14.4. The molecule has 0 aliphatic rings. The molecule has 7 heteroatoms. The fraction of sp³-hybridized carbons (Fsp3) is 0.750. The van der Waals surface area contributed by atoms with Gasteiger partial charge in [-0.1, -0.05) is 0 Å². The largest absolute Gasteiger partial charge is 0.450 e. The summed E-state index contributed by atoms with van der Waals surface area (Å²) in [5.41, 5.74) is -1.57. The van der Waals surface area contributed by atoms with E-state index in [4.69, 9.17) is 9.47 Å². The zero-order valence-electron chi connectivity index (χ0n) is 15.0. The molecule has 2 atom stereocenters. The molecule has 0 aliphatic carbocycles. The Balaban J connectivity index is 4.57. The molecular weight excluding hydrogens is 304 g/mol. The third kappa shape index (κ3) is 7.25. The molecule has 0 aromatic heterocycles. The van der Waals surface area contributed by atoms with Crippen LogP contribution in [0.3, 0.4) is 0 Å². The van der Waals surface area contributed by atoms with Gasteiger partial charge in [-0.2, -0.15) is 0 Å². The van der Waals surface area contributed by atoms with Crippen molar-refractivity contribution in [1.29, 1.82) is 0 Å². The van der Waals surface area contributed by atoms with Gasteiger partial charge in [-0.15, -0.1) is 0 Å². The standard InChI is InChI=1S/C16H26O7/c1-9(21-13(19)15(3,4)5)11(17)23-12(18)10(2)22-14(20)16(6,7)8/h9-10H,1-8H3/t9-,10-/m1/s1. The highest BCUT2D eigenvalue weighted by atomic mass is 16.6. The van der Waals surface area contributed by atoms with Crippen LogP contribution in [0.25, 0.3) is 0 Å². The van der Waals surface area contributed by atoms with Gasteiger partial charge in [-0.3, -0.25) is 9.59 Å². The van der Waals surface area contributed by atoms with E-state index >= 15 is 0 Å². The number of carbonyl (C=O) groups is 4. The minimum atomic E-state index is -1.24. The molecular formula is C16H26O7. The quantitative estimate of drug-likeness (QED) is 0.442. The van der Waals surface area contributed by atoms with Crippen molar-refractivity contribution in [2.75, 3.05) is 0 Å². The molecule has 0 aromatic rings. The number of rotatable bonds is 4. The minimum absolute atomic E-state index is 0.596. The van der Waals surface area contributed by atoms with Gasteiger partial charge in [0.2, 0.25) is 0 Å². The molecule has 0 saturated carbocycles. The monoisotopic (exact) mass is 330 g/mol. The Morgan fingerprint density at radius 1 is 0.652 bits per heavy atom. The summed E-state index contributed by atoms with van der Waals surface area (Å²) in [6, 6.07) is 0. The average Bonchev–Trinajstić information content (AvgIpc) is 2.35. The maximum atomic E-state index is 11.7. The zero-order chi connectivity index (χ0) is 18.6. The number of carbonyl (C=O) groups excluding carboxylic acids is 4. The SMILES string of the molecule is C[C@@H](OC(=O)C(C)(C)C)C(=O)OC(=O)[C@@H](C)OC(=O)C(C)(C)C. The van der Waals surface area contributed by atoms with E-state index in [1.807, 2.05) is 0 Å². The highest BCUT2D eigenvalue weighted by molar-refractivity contribution is 5.92. The maximum absolute atomic E-state index is 11.7. The molecule has 0 aromatic carbocycles. The Morgan fingerprint density at radius 2 is 0.913 bits per heavy atom. The van der Waals surface area contributed by atoms with Gasteiger partial charge in [-0.05, 0) is 55.4 Å². The van der Waals surface area contributed by atoms with Crippen molar-refractivity contribution in [2.24, 2.45) is 10.8 Å². The molecule has 0 aliphatic heterocycles. The zero-order valence-corrected chi connectivity index (χ0v) is 15.0.